The highest BCUT2D eigenvalue weighted by Crippen LogP contribution is 2.29. The van der Waals surface area contributed by atoms with Crippen LogP contribution in [0.5, 0.6) is 0 Å². The summed E-state index contributed by atoms with van der Waals surface area (Å²) in [5, 5.41) is 2.99. The SMILES string of the molecule is CCC1CCC(N(C)C(=O)c2cccnc2NC)CC1. The second-order valence-electron chi connectivity index (χ2n) is 5.65. The summed E-state index contributed by atoms with van der Waals surface area (Å²) in [4.78, 5) is 18.7. The number of nitrogens with zero attached hydrogens (tertiary/aromatic N) is 2. The predicted octanol–water partition coefficient (Wildman–Crippen LogP) is 3.16. The Morgan fingerprint density at radius 1 is 1.40 bits per heavy atom. The van der Waals surface area contributed by atoms with Gasteiger partial charge in [-0.2, -0.15) is 0 Å². The Morgan fingerprint density at radius 2 is 2.10 bits per heavy atom. The monoisotopic (exact) mass is 275 g/mol. The Labute approximate surface area is 121 Å². The molecule has 0 aromatic carbocycles. The van der Waals surface area contributed by atoms with E-state index >= 15 is 0 Å². The first-order chi connectivity index (χ1) is 9.67. The van der Waals surface area contributed by atoms with Gasteiger partial charge in [-0.15, -0.1) is 0 Å². The van der Waals surface area contributed by atoms with Crippen molar-refractivity contribution in [1.29, 1.82) is 0 Å². The Bertz CT molecular complexity index is 453. The molecule has 1 heterocycles. The summed E-state index contributed by atoms with van der Waals surface area (Å²) in [6.07, 6.45) is 7.69. The van der Waals surface area contributed by atoms with Crippen LogP contribution in [0.15, 0.2) is 18.3 Å². The summed E-state index contributed by atoms with van der Waals surface area (Å²) in [6, 6.07) is 4.03. The lowest BCUT2D eigenvalue weighted by molar-refractivity contribution is 0.0675. The molecule has 0 bridgehead atoms. The molecule has 4 nitrogen and oxygen atoms in total. The van der Waals surface area contributed by atoms with Crippen molar-refractivity contribution >= 4 is 11.7 Å². The van der Waals surface area contributed by atoms with Crippen LogP contribution in [0.2, 0.25) is 0 Å². The molecule has 0 aliphatic heterocycles. The lowest BCUT2D eigenvalue weighted by Crippen LogP contribution is -2.39. The highest BCUT2D eigenvalue weighted by molar-refractivity contribution is 5.98. The van der Waals surface area contributed by atoms with Gasteiger partial charge in [0.15, 0.2) is 0 Å². The van der Waals surface area contributed by atoms with Crippen LogP contribution in [0, 0.1) is 5.92 Å². The smallest absolute Gasteiger partial charge is 0.257 e. The van der Waals surface area contributed by atoms with E-state index in [1.807, 2.05) is 24.1 Å². The third-order valence-corrected chi connectivity index (χ3v) is 4.54. The second kappa shape index (κ2) is 6.73. The molecule has 1 saturated carbocycles. The van der Waals surface area contributed by atoms with Crippen LogP contribution >= 0.6 is 0 Å². The quantitative estimate of drug-likeness (QED) is 0.918. The molecule has 20 heavy (non-hydrogen) atoms. The molecule has 0 radical (unpaired) electrons. The second-order valence-corrected chi connectivity index (χ2v) is 5.65. The first-order valence-corrected chi connectivity index (χ1v) is 7.57. The van der Waals surface area contributed by atoms with E-state index in [1.54, 1.807) is 13.2 Å². The number of hydrogen-bond donors (Lipinski definition) is 1. The minimum atomic E-state index is 0.0717. The van der Waals surface area contributed by atoms with Gasteiger partial charge in [-0.3, -0.25) is 4.79 Å². The molecule has 0 spiro atoms. The number of aromatic nitrogens is 1. The van der Waals surface area contributed by atoms with Crippen LogP contribution in [-0.4, -0.2) is 35.9 Å². The van der Waals surface area contributed by atoms with Crippen LogP contribution in [0.4, 0.5) is 5.82 Å². The number of rotatable bonds is 4. The standard InChI is InChI=1S/C16H25N3O/c1-4-12-7-9-13(10-8-12)19(3)16(20)14-6-5-11-18-15(14)17-2/h5-6,11-13H,4,7-10H2,1-3H3,(H,17,18). The first kappa shape index (κ1) is 14.8. The number of carbonyl (C=O) groups excluding carboxylic acids is 1. The van der Waals surface area contributed by atoms with Gasteiger partial charge < -0.3 is 10.2 Å². The molecule has 110 valence electrons. The van der Waals surface area contributed by atoms with E-state index in [2.05, 4.69) is 17.2 Å². The Hall–Kier alpha value is -1.58. The zero-order chi connectivity index (χ0) is 14.5. The maximum absolute atomic E-state index is 12.6. The van der Waals surface area contributed by atoms with Crippen molar-refractivity contribution in [2.45, 2.75) is 45.1 Å². The fourth-order valence-corrected chi connectivity index (χ4v) is 3.07. The molecule has 1 aromatic rings. The van der Waals surface area contributed by atoms with E-state index in [0.29, 0.717) is 17.4 Å². The van der Waals surface area contributed by atoms with Crippen molar-refractivity contribution in [2.75, 3.05) is 19.4 Å². The lowest BCUT2D eigenvalue weighted by atomic mass is 9.84. The van der Waals surface area contributed by atoms with Crippen molar-refractivity contribution in [2.24, 2.45) is 5.92 Å². The van der Waals surface area contributed by atoms with Gasteiger partial charge in [0.25, 0.3) is 5.91 Å². The van der Waals surface area contributed by atoms with Crippen molar-refractivity contribution in [3.63, 3.8) is 0 Å². The molecule has 1 fully saturated rings. The van der Waals surface area contributed by atoms with Crippen LogP contribution in [-0.2, 0) is 0 Å². The number of nitrogens with one attached hydrogen (secondary N) is 1. The summed E-state index contributed by atoms with van der Waals surface area (Å²) in [7, 11) is 3.72. The van der Waals surface area contributed by atoms with Crippen LogP contribution < -0.4 is 5.32 Å². The van der Waals surface area contributed by atoms with Gasteiger partial charge in [0.05, 0.1) is 5.56 Å². The van der Waals surface area contributed by atoms with Gasteiger partial charge in [0.2, 0.25) is 0 Å². The minimum Gasteiger partial charge on any atom is -0.372 e. The Morgan fingerprint density at radius 3 is 2.70 bits per heavy atom. The molecule has 1 N–H and O–H groups in total. The molecule has 1 aliphatic carbocycles. The largest absolute Gasteiger partial charge is 0.372 e. The summed E-state index contributed by atoms with van der Waals surface area (Å²) < 4.78 is 0. The molecule has 0 unspecified atom stereocenters. The molecule has 4 heteroatoms. The minimum absolute atomic E-state index is 0.0717. The van der Waals surface area contributed by atoms with E-state index in [4.69, 9.17) is 0 Å². The number of hydrogen-bond acceptors (Lipinski definition) is 3. The highest BCUT2D eigenvalue weighted by Gasteiger charge is 2.27. The van der Waals surface area contributed by atoms with Crippen LogP contribution in [0.3, 0.4) is 0 Å². The maximum atomic E-state index is 12.6. The molecule has 1 aliphatic rings. The Balaban J connectivity index is 2.05. The molecule has 0 saturated heterocycles. The highest BCUT2D eigenvalue weighted by atomic mass is 16.2. The molecule has 0 atom stereocenters. The number of anilines is 1. The van der Waals surface area contributed by atoms with E-state index in [1.165, 1.54) is 19.3 Å². The molecular weight excluding hydrogens is 250 g/mol. The maximum Gasteiger partial charge on any atom is 0.257 e. The summed E-state index contributed by atoms with van der Waals surface area (Å²) >= 11 is 0. The third kappa shape index (κ3) is 3.11. The average molecular weight is 275 g/mol. The average Bonchev–Trinajstić information content (AvgIpc) is 2.53. The summed E-state index contributed by atoms with van der Waals surface area (Å²) in [5.74, 6) is 1.58. The van der Waals surface area contributed by atoms with Gasteiger partial charge in [-0.25, -0.2) is 4.98 Å². The summed E-state index contributed by atoms with van der Waals surface area (Å²) in [5.41, 5.74) is 0.662. The fraction of sp³-hybridized carbons (Fsp3) is 0.625. The van der Waals surface area contributed by atoms with Gasteiger partial charge >= 0.3 is 0 Å². The zero-order valence-corrected chi connectivity index (χ0v) is 12.7. The summed E-state index contributed by atoms with van der Waals surface area (Å²) in [6.45, 7) is 2.26. The van der Waals surface area contributed by atoms with E-state index in [-0.39, 0.29) is 5.91 Å². The first-order valence-electron chi connectivity index (χ1n) is 7.57. The number of pyridine rings is 1. The number of carbonyl (C=O) groups is 1. The Kier molecular flexibility index (Phi) is 4.99. The third-order valence-electron chi connectivity index (χ3n) is 4.54. The van der Waals surface area contributed by atoms with Gasteiger partial charge in [0.1, 0.15) is 5.82 Å². The van der Waals surface area contributed by atoms with Crippen molar-refractivity contribution in [3.05, 3.63) is 23.9 Å². The topological polar surface area (TPSA) is 45.2 Å². The van der Waals surface area contributed by atoms with E-state index < -0.39 is 0 Å². The fourth-order valence-electron chi connectivity index (χ4n) is 3.07. The normalized spacial score (nSPS) is 22.4. The van der Waals surface area contributed by atoms with Gasteiger partial charge in [-0.05, 0) is 43.7 Å². The zero-order valence-electron chi connectivity index (χ0n) is 12.7. The van der Waals surface area contributed by atoms with E-state index in [0.717, 1.165) is 18.8 Å². The molecule has 1 amide bonds. The predicted molar refractivity (Wildman–Crippen MR) is 81.9 cm³/mol. The van der Waals surface area contributed by atoms with Crippen molar-refractivity contribution in [1.82, 2.24) is 9.88 Å². The number of amides is 1. The van der Waals surface area contributed by atoms with Gasteiger partial charge in [0, 0.05) is 26.3 Å². The van der Waals surface area contributed by atoms with Crippen LogP contribution in [0.25, 0.3) is 0 Å². The molecular formula is C16H25N3O. The van der Waals surface area contributed by atoms with Gasteiger partial charge in [-0.1, -0.05) is 13.3 Å². The van der Waals surface area contributed by atoms with Crippen LogP contribution in [0.1, 0.15) is 49.4 Å². The van der Waals surface area contributed by atoms with Crippen molar-refractivity contribution in [3.8, 4) is 0 Å². The lowest BCUT2D eigenvalue weighted by Gasteiger charge is -2.34. The van der Waals surface area contributed by atoms with Crippen molar-refractivity contribution < 1.29 is 4.79 Å². The van der Waals surface area contributed by atoms with E-state index in [9.17, 15) is 4.79 Å². The molecule has 1 aromatic heterocycles. The molecule has 2 rings (SSSR count).